The normalized spacial score (nSPS) is 15.4. The van der Waals surface area contributed by atoms with Gasteiger partial charge in [-0.2, -0.15) is 0 Å². The molecule has 1 fully saturated rings. The first-order chi connectivity index (χ1) is 12.9. The van der Waals surface area contributed by atoms with Gasteiger partial charge in [0.25, 0.3) is 0 Å². The van der Waals surface area contributed by atoms with Crippen molar-refractivity contribution < 1.29 is 19.1 Å². The molecule has 0 unspecified atom stereocenters. The molecule has 1 atom stereocenters. The quantitative estimate of drug-likeness (QED) is 0.791. The van der Waals surface area contributed by atoms with Crippen molar-refractivity contribution in [2.24, 2.45) is 5.92 Å². The molecule has 2 amide bonds. The minimum atomic E-state index is -0.568. The minimum absolute atomic E-state index is 0.0413. The maximum absolute atomic E-state index is 12.9. The molecule has 7 heteroatoms. The molecule has 1 aromatic rings. The Balaban J connectivity index is 1.93. The number of methoxy groups -OCH3 is 1. The molecule has 7 nitrogen and oxygen atoms in total. The number of carbonyl (C=O) groups is 2. The average Bonchev–Trinajstić information content (AvgIpc) is 2.67. The van der Waals surface area contributed by atoms with Crippen LogP contribution in [0, 0.1) is 5.92 Å². The Kier molecular flexibility index (Phi) is 7.76. The van der Waals surface area contributed by atoms with Gasteiger partial charge < -0.3 is 24.6 Å². The van der Waals surface area contributed by atoms with Gasteiger partial charge in [0.2, 0.25) is 5.91 Å². The molecule has 0 bridgehead atoms. The van der Waals surface area contributed by atoms with Crippen LogP contribution in [0.4, 0.5) is 10.5 Å². The summed E-state index contributed by atoms with van der Waals surface area (Å²) in [5.74, 6) is 1.11. The highest BCUT2D eigenvalue weighted by Gasteiger charge is 2.29. The Hall–Kier alpha value is -2.44. The number of nitrogens with zero attached hydrogens (tertiary/aromatic N) is 2. The van der Waals surface area contributed by atoms with Gasteiger partial charge in [0.15, 0.2) is 0 Å². The summed E-state index contributed by atoms with van der Waals surface area (Å²) in [6.07, 6.45) is 0.0227. The van der Waals surface area contributed by atoms with E-state index in [9.17, 15) is 9.59 Å². The monoisotopic (exact) mass is 377 g/mol. The number of hydrogen-bond donors (Lipinski definition) is 1. The lowest BCUT2D eigenvalue weighted by atomic mass is 10.0. The number of piperazine rings is 1. The number of alkyl carbamates (subject to hydrolysis) is 1. The van der Waals surface area contributed by atoms with Crippen LogP contribution >= 0.6 is 0 Å². The molecule has 1 aliphatic rings. The lowest BCUT2D eigenvalue weighted by molar-refractivity contribution is -0.134. The largest absolute Gasteiger partial charge is 0.494 e. The molecule has 0 aromatic heterocycles. The van der Waals surface area contributed by atoms with E-state index in [0.717, 1.165) is 24.5 Å². The van der Waals surface area contributed by atoms with E-state index < -0.39 is 12.1 Å². The average molecular weight is 377 g/mol. The summed E-state index contributed by atoms with van der Waals surface area (Å²) < 4.78 is 10.1. The zero-order valence-corrected chi connectivity index (χ0v) is 16.7. The van der Waals surface area contributed by atoms with Gasteiger partial charge >= 0.3 is 6.09 Å². The van der Waals surface area contributed by atoms with E-state index in [-0.39, 0.29) is 5.91 Å². The zero-order chi connectivity index (χ0) is 19.8. The van der Waals surface area contributed by atoms with E-state index in [4.69, 9.17) is 4.74 Å². The molecule has 150 valence electrons. The molecular formula is C20H31N3O4. The van der Waals surface area contributed by atoms with Crippen LogP contribution in [0.3, 0.4) is 0 Å². The SMILES string of the molecule is CCOc1ccc(N2CCN(C(=O)[C@@H](CC(C)C)NC(=O)OC)CC2)cc1. The molecular weight excluding hydrogens is 346 g/mol. The van der Waals surface area contributed by atoms with Crippen molar-refractivity contribution >= 4 is 17.7 Å². The highest BCUT2D eigenvalue weighted by atomic mass is 16.5. The first-order valence-electron chi connectivity index (χ1n) is 9.55. The van der Waals surface area contributed by atoms with E-state index in [1.54, 1.807) is 0 Å². The number of nitrogens with one attached hydrogen (secondary N) is 1. The molecule has 1 saturated heterocycles. The van der Waals surface area contributed by atoms with Crippen molar-refractivity contribution in [3.05, 3.63) is 24.3 Å². The molecule has 27 heavy (non-hydrogen) atoms. The fourth-order valence-corrected chi connectivity index (χ4v) is 3.22. The maximum atomic E-state index is 12.9. The summed E-state index contributed by atoms with van der Waals surface area (Å²) in [5, 5.41) is 2.68. The van der Waals surface area contributed by atoms with Crippen molar-refractivity contribution in [3.63, 3.8) is 0 Å². The van der Waals surface area contributed by atoms with Crippen LogP contribution in [0.25, 0.3) is 0 Å². The van der Waals surface area contributed by atoms with Gasteiger partial charge in [-0.1, -0.05) is 13.8 Å². The Morgan fingerprint density at radius 1 is 1.11 bits per heavy atom. The fraction of sp³-hybridized carbons (Fsp3) is 0.600. The minimum Gasteiger partial charge on any atom is -0.494 e. The second-order valence-electron chi connectivity index (χ2n) is 7.06. The molecule has 1 N–H and O–H groups in total. The maximum Gasteiger partial charge on any atom is 0.407 e. The van der Waals surface area contributed by atoms with Crippen LogP contribution in [-0.2, 0) is 9.53 Å². The number of amides is 2. The Labute approximate surface area is 161 Å². The summed E-state index contributed by atoms with van der Waals surface area (Å²) in [6, 6.07) is 7.48. The zero-order valence-electron chi connectivity index (χ0n) is 16.7. The van der Waals surface area contributed by atoms with E-state index in [1.807, 2.05) is 49.9 Å². The van der Waals surface area contributed by atoms with Crippen LogP contribution in [0.5, 0.6) is 5.75 Å². The Bertz CT molecular complexity index is 610. The van der Waals surface area contributed by atoms with E-state index >= 15 is 0 Å². The van der Waals surface area contributed by atoms with Gasteiger partial charge in [-0.3, -0.25) is 4.79 Å². The van der Waals surface area contributed by atoms with Crippen molar-refractivity contribution in [2.75, 3.05) is 44.8 Å². The smallest absolute Gasteiger partial charge is 0.407 e. The van der Waals surface area contributed by atoms with Crippen molar-refractivity contribution in [2.45, 2.75) is 33.2 Å². The van der Waals surface area contributed by atoms with E-state index in [2.05, 4.69) is 15.0 Å². The lowest BCUT2D eigenvalue weighted by Gasteiger charge is -2.37. The van der Waals surface area contributed by atoms with Gasteiger partial charge in [-0.25, -0.2) is 4.79 Å². The molecule has 1 aliphatic heterocycles. The molecule has 0 saturated carbocycles. The molecule has 2 rings (SSSR count). The molecule has 1 heterocycles. The number of ether oxygens (including phenoxy) is 2. The second-order valence-corrected chi connectivity index (χ2v) is 7.06. The highest BCUT2D eigenvalue weighted by Crippen LogP contribution is 2.21. The molecule has 1 aromatic carbocycles. The van der Waals surface area contributed by atoms with Crippen molar-refractivity contribution in [1.29, 1.82) is 0 Å². The van der Waals surface area contributed by atoms with Crippen LogP contribution in [-0.4, -0.2) is 62.8 Å². The number of anilines is 1. The number of carbonyl (C=O) groups excluding carboxylic acids is 2. The molecule has 0 radical (unpaired) electrons. The van der Waals surface area contributed by atoms with Crippen LogP contribution in [0.15, 0.2) is 24.3 Å². The topological polar surface area (TPSA) is 71.1 Å². The van der Waals surface area contributed by atoms with Crippen molar-refractivity contribution in [1.82, 2.24) is 10.2 Å². The summed E-state index contributed by atoms with van der Waals surface area (Å²) in [4.78, 5) is 28.5. The van der Waals surface area contributed by atoms with Crippen LogP contribution in [0.1, 0.15) is 27.2 Å². The predicted molar refractivity (Wildman–Crippen MR) is 105 cm³/mol. The predicted octanol–water partition coefficient (Wildman–Crippen LogP) is 2.50. The van der Waals surface area contributed by atoms with Crippen LogP contribution in [0.2, 0.25) is 0 Å². The first-order valence-corrected chi connectivity index (χ1v) is 9.55. The third-order valence-electron chi connectivity index (χ3n) is 4.59. The Morgan fingerprint density at radius 3 is 2.26 bits per heavy atom. The summed E-state index contributed by atoms with van der Waals surface area (Å²) in [7, 11) is 1.31. The summed E-state index contributed by atoms with van der Waals surface area (Å²) in [6.45, 7) is 9.45. The van der Waals surface area contributed by atoms with Gasteiger partial charge in [0.05, 0.1) is 13.7 Å². The standard InChI is InChI=1S/C20H31N3O4/c1-5-27-17-8-6-16(7-9-17)22-10-12-23(13-11-22)19(24)18(14-15(2)3)21-20(25)26-4/h6-9,15,18H,5,10-14H2,1-4H3,(H,21,25)/t18-/m1/s1. The summed E-state index contributed by atoms with van der Waals surface area (Å²) in [5.41, 5.74) is 1.12. The Morgan fingerprint density at radius 2 is 1.74 bits per heavy atom. The van der Waals surface area contributed by atoms with Gasteiger partial charge in [-0.15, -0.1) is 0 Å². The fourth-order valence-electron chi connectivity index (χ4n) is 3.22. The number of hydrogen-bond acceptors (Lipinski definition) is 5. The number of rotatable bonds is 7. The second kappa shape index (κ2) is 10.0. The third-order valence-corrected chi connectivity index (χ3v) is 4.59. The van der Waals surface area contributed by atoms with Gasteiger partial charge in [0.1, 0.15) is 11.8 Å². The van der Waals surface area contributed by atoms with E-state index in [0.29, 0.717) is 32.0 Å². The first kappa shape index (κ1) is 20.9. The number of benzene rings is 1. The van der Waals surface area contributed by atoms with Crippen molar-refractivity contribution in [3.8, 4) is 5.75 Å². The van der Waals surface area contributed by atoms with Gasteiger partial charge in [-0.05, 0) is 43.5 Å². The highest BCUT2D eigenvalue weighted by molar-refractivity contribution is 5.85. The third kappa shape index (κ3) is 6.05. The van der Waals surface area contributed by atoms with Gasteiger partial charge in [0, 0.05) is 31.9 Å². The summed E-state index contributed by atoms with van der Waals surface area (Å²) >= 11 is 0. The molecule has 0 aliphatic carbocycles. The molecule has 0 spiro atoms. The lowest BCUT2D eigenvalue weighted by Crippen LogP contribution is -2.55. The van der Waals surface area contributed by atoms with E-state index in [1.165, 1.54) is 7.11 Å². The van der Waals surface area contributed by atoms with Crippen LogP contribution < -0.4 is 15.0 Å².